The molecule has 2 heterocycles. The van der Waals surface area contributed by atoms with E-state index in [1.54, 1.807) is 12.1 Å². The molecule has 0 spiro atoms. The largest absolute Gasteiger partial charge is 0.438 e. The van der Waals surface area contributed by atoms with Gasteiger partial charge in [0.15, 0.2) is 21.5 Å². The number of sulfone groups is 1. The molecule has 3 atom stereocenters. The lowest BCUT2D eigenvalue weighted by Gasteiger charge is -2.30. The van der Waals surface area contributed by atoms with Crippen molar-refractivity contribution in [2.24, 2.45) is 5.92 Å². The summed E-state index contributed by atoms with van der Waals surface area (Å²) in [6.07, 6.45) is 3.35. The predicted molar refractivity (Wildman–Crippen MR) is 128 cm³/mol. The highest BCUT2D eigenvalue weighted by molar-refractivity contribution is 7.91. The van der Waals surface area contributed by atoms with E-state index < -0.39 is 33.9 Å². The zero-order chi connectivity index (χ0) is 24.1. The Labute approximate surface area is 200 Å². The number of aliphatic hydroxyl groups is 1. The van der Waals surface area contributed by atoms with Gasteiger partial charge in [-0.15, -0.1) is 0 Å². The van der Waals surface area contributed by atoms with Gasteiger partial charge >= 0.3 is 0 Å². The van der Waals surface area contributed by atoms with Crippen LogP contribution in [0, 0.1) is 5.92 Å². The van der Waals surface area contributed by atoms with Gasteiger partial charge in [0.05, 0.1) is 17.5 Å². The zero-order valence-corrected chi connectivity index (χ0v) is 20.4. The Balaban J connectivity index is 1.48. The molecule has 4 rings (SSSR count). The number of hydrogen-bond donors (Lipinski definition) is 3. The second-order valence-corrected chi connectivity index (χ2v) is 11.6. The fourth-order valence-corrected chi connectivity index (χ4v) is 6.35. The number of benzene rings is 1. The van der Waals surface area contributed by atoms with Crippen molar-refractivity contribution in [3.8, 4) is 0 Å². The molecular weight excluding hydrogens is 458 g/mol. The fourth-order valence-electron chi connectivity index (χ4n) is 4.41. The van der Waals surface area contributed by atoms with Crippen molar-refractivity contribution in [3.05, 3.63) is 30.2 Å². The molecule has 1 saturated carbocycles. The number of aliphatic hydroxyl groups excluding tert-OH is 1. The van der Waals surface area contributed by atoms with Gasteiger partial charge in [0.25, 0.3) is 0 Å². The van der Waals surface area contributed by atoms with E-state index in [4.69, 9.17) is 9.15 Å². The minimum Gasteiger partial charge on any atom is -0.438 e. The summed E-state index contributed by atoms with van der Waals surface area (Å²) in [5.41, 5.74) is 1.19. The molecule has 2 aromatic rings. The van der Waals surface area contributed by atoms with E-state index >= 15 is 0 Å². The first kappa shape index (κ1) is 25.1. The molecule has 1 aliphatic heterocycles. The molecule has 2 fully saturated rings. The highest BCUT2D eigenvalue weighted by Crippen LogP contribution is 2.30. The van der Waals surface area contributed by atoms with Crippen molar-refractivity contribution >= 4 is 26.8 Å². The van der Waals surface area contributed by atoms with E-state index in [0.29, 0.717) is 37.2 Å². The average molecular weight is 494 g/mol. The van der Waals surface area contributed by atoms with Crippen LogP contribution in [0.1, 0.15) is 57.4 Å². The van der Waals surface area contributed by atoms with Crippen molar-refractivity contribution in [1.82, 2.24) is 15.6 Å². The first-order valence-corrected chi connectivity index (χ1v) is 14.0. The molecule has 1 saturated heterocycles. The Hall–Kier alpha value is -2.01. The van der Waals surface area contributed by atoms with Gasteiger partial charge < -0.3 is 24.9 Å². The van der Waals surface area contributed by atoms with Crippen LogP contribution in [0.25, 0.3) is 11.1 Å². The number of amides is 1. The Morgan fingerprint density at radius 3 is 2.62 bits per heavy atom. The Kier molecular flexibility index (Phi) is 8.23. The average Bonchev–Trinajstić information content (AvgIpc) is 3.51. The van der Waals surface area contributed by atoms with Crippen molar-refractivity contribution in [3.63, 3.8) is 0 Å². The van der Waals surface area contributed by atoms with Gasteiger partial charge in [-0.2, -0.15) is 0 Å². The molecule has 1 unspecified atom stereocenters. The third-order valence-electron chi connectivity index (χ3n) is 6.45. The van der Waals surface area contributed by atoms with Crippen LogP contribution in [0.3, 0.4) is 0 Å². The summed E-state index contributed by atoms with van der Waals surface area (Å²) in [5.74, 6) is -0.221. The van der Waals surface area contributed by atoms with E-state index in [-0.39, 0.29) is 29.4 Å². The Bertz CT molecular complexity index is 1030. The number of fused-ring (bicyclic) bond motifs is 1. The number of ether oxygens (including phenoxy) is 1. The standard InChI is InChI=1S/C24H35N3O6S/c1-2-5-19(22(28)24-27-18-6-3-4-7-21(18)33-24)26-23(29)20(25-17-10-12-32-13-11-17)15-34(30,31)14-16-8-9-16/h3-4,6-7,16-17,19-20,22,25,28H,2,5,8-15H2,1H3,(H,26,29)/t19?,20-,22-/m0/s1. The van der Waals surface area contributed by atoms with Gasteiger partial charge in [-0.3, -0.25) is 4.79 Å². The van der Waals surface area contributed by atoms with Crippen LogP contribution in [-0.4, -0.2) is 67.3 Å². The lowest BCUT2D eigenvalue weighted by molar-refractivity contribution is -0.124. The van der Waals surface area contributed by atoms with E-state index in [2.05, 4.69) is 15.6 Å². The topological polar surface area (TPSA) is 131 Å². The molecule has 188 valence electrons. The molecule has 34 heavy (non-hydrogen) atoms. The van der Waals surface area contributed by atoms with Gasteiger partial charge in [0.1, 0.15) is 11.6 Å². The summed E-state index contributed by atoms with van der Waals surface area (Å²) in [7, 11) is -3.40. The van der Waals surface area contributed by atoms with Crippen LogP contribution < -0.4 is 10.6 Å². The number of para-hydroxylation sites is 2. The number of hydrogen-bond acceptors (Lipinski definition) is 8. The van der Waals surface area contributed by atoms with Gasteiger partial charge in [-0.25, -0.2) is 13.4 Å². The summed E-state index contributed by atoms with van der Waals surface area (Å²) in [4.78, 5) is 17.7. The number of carbonyl (C=O) groups excluding carboxylic acids is 1. The molecule has 2 aliphatic rings. The molecule has 1 aromatic heterocycles. The summed E-state index contributed by atoms with van der Waals surface area (Å²) >= 11 is 0. The van der Waals surface area contributed by atoms with Crippen LogP contribution >= 0.6 is 0 Å². The van der Waals surface area contributed by atoms with Crippen molar-refractivity contribution in [2.75, 3.05) is 24.7 Å². The summed E-state index contributed by atoms with van der Waals surface area (Å²) in [6, 6.07) is 5.67. The zero-order valence-electron chi connectivity index (χ0n) is 19.6. The second-order valence-electron chi connectivity index (χ2n) is 9.49. The highest BCUT2D eigenvalue weighted by atomic mass is 32.2. The fraction of sp³-hybridized carbons (Fsp3) is 0.667. The molecular formula is C24H35N3O6S. The van der Waals surface area contributed by atoms with E-state index in [1.165, 1.54) is 0 Å². The lowest BCUT2D eigenvalue weighted by Crippen LogP contribution is -2.55. The van der Waals surface area contributed by atoms with E-state index in [1.807, 2.05) is 19.1 Å². The molecule has 0 bridgehead atoms. The number of aromatic nitrogens is 1. The first-order valence-electron chi connectivity index (χ1n) is 12.2. The van der Waals surface area contributed by atoms with Crippen molar-refractivity contribution < 1.29 is 27.5 Å². The van der Waals surface area contributed by atoms with Crippen molar-refractivity contribution in [1.29, 1.82) is 0 Å². The first-order chi connectivity index (χ1) is 16.3. The third kappa shape index (κ3) is 6.78. The van der Waals surface area contributed by atoms with Crippen LogP contribution in [0.15, 0.2) is 28.7 Å². The van der Waals surface area contributed by atoms with Gasteiger partial charge in [0.2, 0.25) is 11.8 Å². The van der Waals surface area contributed by atoms with Crippen LogP contribution in [-0.2, 0) is 19.4 Å². The quantitative estimate of drug-likeness (QED) is 0.410. The number of nitrogens with one attached hydrogen (secondary N) is 2. The van der Waals surface area contributed by atoms with E-state index in [9.17, 15) is 18.3 Å². The number of rotatable bonds is 12. The highest BCUT2D eigenvalue weighted by Gasteiger charge is 2.35. The lowest BCUT2D eigenvalue weighted by atomic mass is 10.0. The molecule has 1 aromatic carbocycles. The maximum Gasteiger partial charge on any atom is 0.238 e. The van der Waals surface area contributed by atoms with Gasteiger partial charge in [-0.05, 0) is 50.2 Å². The molecule has 3 N–H and O–H groups in total. The maximum atomic E-state index is 13.4. The SMILES string of the molecule is CCCC(NC(=O)[C@H](CS(=O)(=O)CC1CC1)NC1CCOCC1)[C@H](O)c1nc2ccccc2o1. The van der Waals surface area contributed by atoms with Crippen LogP contribution in [0.5, 0.6) is 0 Å². The smallest absolute Gasteiger partial charge is 0.238 e. The van der Waals surface area contributed by atoms with Crippen LogP contribution in [0.4, 0.5) is 0 Å². The van der Waals surface area contributed by atoms with Gasteiger partial charge in [0, 0.05) is 19.3 Å². The normalized spacial score (nSPS) is 20.2. The summed E-state index contributed by atoms with van der Waals surface area (Å²) in [5, 5.41) is 17.2. The van der Waals surface area contributed by atoms with E-state index in [0.717, 1.165) is 25.7 Å². The molecule has 1 amide bonds. The molecule has 9 nitrogen and oxygen atoms in total. The Morgan fingerprint density at radius 1 is 1.21 bits per heavy atom. The number of carbonyl (C=O) groups is 1. The minimum atomic E-state index is -3.40. The van der Waals surface area contributed by atoms with Crippen LogP contribution in [0.2, 0.25) is 0 Å². The molecule has 0 radical (unpaired) electrons. The molecule has 1 aliphatic carbocycles. The van der Waals surface area contributed by atoms with Crippen molar-refractivity contribution in [2.45, 2.75) is 69.7 Å². The third-order valence-corrected chi connectivity index (χ3v) is 8.27. The number of oxazole rings is 1. The Morgan fingerprint density at radius 2 is 1.94 bits per heavy atom. The maximum absolute atomic E-state index is 13.4. The molecule has 10 heteroatoms. The minimum absolute atomic E-state index is 0.00668. The summed E-state index contributed by atoms with van der Waals surface area (Å²) in [6.45, 7) is 3.11. The monoisotopic (exact) mass is 493 g/mol. The van der Waals surface area contributed by atoms with Gasteiger partial charge in [-0.1, -0.05) is 25.5 Å². The number of nitrogens with zero attached hydrogens (tertiary/aromatic N) is 1. The second kappa shape index (κ2) is 11.2. The summed E-state index contributed by atoms with van der Waals surface area (Å²) < 4.78 is 36.7. The predicted octanol–water partition coefficient (Wildman–Crippen LogP) is 2.11.